The van der Waals surface area contributed by atoms with E-state index in [0.717, 1.165) is 46.8 Å². The van der Waals surface area contributed by atoms with E-state index in [-0.39, 0.29) is 10.6 Å². The van der Waals surface area contributed by atoms with Crippen LogP contribution in [0.4, 0.5) is 24.5 Å². The standard InChI is InChI=1S/C20H15F3N2O3S/c21-14-9-11-16(12-10-14)29(27,28)25(15-5-2-1-3-6-15)13-19(26)24-20-17(22)7-4-8-18(20)23/h1-12H,13H2,(H,24,26). The zero-order chi connectivity index (χ0) is 21.0. The number of rotatable bonds is 6. The molecule has 0 heterocycles. The number of halogens is 3. The molecule has 1 amide bonds. The summed E-state index contributed by atoms with van der Waals surface area (Å²) in [6.07, 6.45) is 0. The molecule has 0 aromatic heterocycles. The fraction of sp³-hybridized carbons (Fsp3) is 0.0500. The maximum absolute atomic E-state index is 13.8. The number of benzene rings is 3. The van der Waals surface area contributed by atoms with Gasteiger partial charge in [0.25, 0.3) is 10.0 Å². The Bertz CT molecular complexity index is 1100. The molecule has 0 saturated heterocycles. The highest BCUT2D eigenvalue weighted by molar-refractivity contribution is 7.92. The molecule has 29 heavy (non-hydrogen) atoms. The lowest BCUT2D eigenvalue weighted by molar-refractivity contribution is -0.114. The molecule has 0 aliphatic carbocycles. The molecule has 150 valence electrons. The van der Waals surface area contributed by atoms with Crippen molar-refractivity contribution in [1.29, 1.82) is 0 Å². The fourth-order valence-corrected chi connectivity index (χ4v) is 3.99. The van der Waals surface area contributed by atoms with Crippen LogP contribution in [0.1, 0.15) is 0 Å². The number of nitrogens with zero attached hydrogens (tertiary/aromatic N) is 1. The Balaban J connectivity index is 1.94. The molecule has 0 saturated carbocycles. The number of hydrogen-bond donors (Lipinski definition) is 1. The van der Waals surface area contributed by atoms with E-state index < -0.39 is 45.6 Å². The molecule has 1 N–H and O–H groups in total. The predicted molar refractivity (Wildman–Crippen MR) is 102 cm³/mol. The molecular weight excluding hydrogens is 405 g/mol. The lowest BCUT2D eigenvalue weighted by Gasteiger charge is -2.24. The molecule has 3 aromatic rings. The highest BCUT2D eigenvalue weighted by Crippen LogP contribution is 2.24. The summed E-state index contributed by atoms with van der Waals surface area (Å²) in [5.74, 6) is -3.57. The van der Waals surface area contributed by atoms with Gasteiger partial charge in [0.15, 0.2) is 0 Å². The molecule has 0 bridgehead atoms. The zero-order valence-corrected chi connectivity index (χ0v) is 15.7. The largest absolute Gasteiger partial charge is 0.320 e. The van der Waals surface area contributed by atoms with Gasteiger partial charge in [-0.2, -0.15) is 0 Å². The summed E-state index contributed by atoms with van der Waals surface area (Å²) in [4.78, 5) is 12.2. The van der Waals surface area contributed by atoms with Gasteiger partial charge < -0.3 is 5.32 Å². The first kappa shape index (κ1) is 20.4. The van der Waals surface area contributed by atoms with Crippen LogP contribution in [-0.4, -0.2) is 20.9 Å². The fourth-order valence-electron chi connectivity index (χ4n) is 2.57. The summed E-state index contributed by atoms with van der Waals surface area (Å²) in [6.45, 7) is -0.752. The van der Waals surface area contributed by atoms with E-state index in [0.29, 0.717) is 0 Å². The van der Waals surface area contributed by atoms with Crippen LogP contribution in [0.2, 0.25) is 0 Å². The monoisotopic (exact) mass is 420 g/mol. The van der Waals surface area contributed by atoms with Crippen LogP contribution in [0.3, 0.4) is 0 Å². The average Bonchev–Trinajstić information content (AvgIpc) is 2.70. The van der Waals surface area contributed by atoms with Crippen LogP contribution < -0.4 is 9.62 Å². The van der Waals surface area contributed by atoms with Gasteiger partial charge in [-0.1, -0.05) is 24.3 Å². The SMILES string of the molecule is O=C(CN(c1ccccc1)S(=O)(=O)c1ccc(F)cc1)Nc1c(F)cccc1F. The number of nitrogens with one attached hydrogen (secondary N) is 1. The Hall–Kier alpha value is -3.33. The Kier molecular flexibility index (Phi) is 5.88. The summed E-state index contributed by atoms with van der Waals surface area (Å²) < 4.78 is 67.6. The van der Waals surface area contributed by atoms with E-state index in [1.54, 1.807) is 18.2 Å². The number of sulfonamides is 1. The molecular formula is C20H15F3N2O3S. The van der Waals surface area contributed by atoms with Gasteiger partial charge in [0.1, 0.15) is 29.7 Å². The summed E-state index contributed by atoms with van der Waals surface area (Å²) in [5, 5.41) is 2.06. The van der Waals surface area contributed by atoms with Crippen molar-refractivity contribution >= 4 is 27.3 Å². The van der Waals surface area contributed by atoms with Crippen molar-refractivity contribution in [3.05, 3.63) is 90.2 Å². The van der Waals surface area contributed by atoms with Gasteiger partial charge in [-0.15, -0.1) is 0 Å². The van der Waals surface area contributed by atoms with E-state index >= 15 is 0 Å². The first-order chi connectivity index (χ1) is 13.8. The van der Waals surface area contributed by atoms with E-state index in [1.807, 2.05) is 0 Å². The summed E-state index contributed by atoms with van der Waals surface area (Å²) in [6, 6.07) is 14.8. The van der Waals surface area contributed by atoms with Gasteiger partial charge in [-0.25, -0.2) is 21.6 Å². The van der Waals surface area contributed by atoms with Crippen LogP contribution in [0.25, 0.3) is 0 Å². The topological polar surface area (TPSA) is 66.5 Å². The van der Waals surface area contributed by atoms with Crippen molar-refractivity contribution in [2.24, 2.45) is 0 Å². The third kappa shape index (κ3) is 4.57. The van der Waals surface area contributed by atoms with Crippen molar-refractivity contribution in [3.63, 3.8) is 0 Å². The van der Waals surface area contributed by atoms with E-state index in [9.17, 15) is 26.4 Å². The Labute approximate surface area is 165 Å². The second-order valence-electron chi connectivity index (χ2n) is 5.95. The molecule has 0 radical (unpaired) electrons. The molecule has 0 fully saturated rings. The van der Waals surface area contributed by atoms with Crippen LogP contribution in [0.15, 0.2) is 77.7 Å². The molecule has 0 aliphatic rings. The molecule has 9 heteroatoms. The molecule has 0 atom stereocenters. The maximum Gasteiger partial charge on any atom is 0.264 e. The van der Waals surface area contributed by atoms with Gasteiger partial charge >= 0.3 is 0 Å². The van der Waals surface area contributed by atoms with E-state index in [4.69, 9.17) is 0 Å². The third-order valence-corrected chi connectivity index (χ3v) is 5.75. The van der Waals surface area contributed by atoms with E-state index in [2.05, 4.69) is 5.32 Å². The number of para-hydroxylation sites is 2. The number of amides is 1. The van der Waals surface area contributed by atoms with Crippen molar-refractivity contribution in [3.8, 4) is 0 Å². The molecule has 3 rings (SSSR count). The minimum atomic E-state index is -4.26. The van der Waals surface area contributed by atoms with Crippen LogP contribution >= 0.6 is 0 Å². The molecule has 0 aliphatic heterocycles. The summed E-state index contributed by atoms with van der Waals surface area (Å²) in [7, 11) is -4.26. The van der Waals surface area contributed by atoms with Crippen LogP contribution in [0.5, 0.6) is 0 Å². The Morgan fingerprint density at radius 3 is 2.00 bits per heavy atom. The lowest BCUT2D eigenvalue weighted by Crippen LogP contribution is -2.38. The van der Waals surface area contributed by atoms with Gasteiger partial charge in [-0.05, 0) is 48.5 Å². The Morgan fingerprint density at radius 1 is 0.828 bits per heavy atom. The van der Waals surface area contributed by atoms with Crippen molar-refractivity contribution in [2.75, 3.05) is 16.2 Å². The highest BCUT2D eigenvalue weighted by atomic mass is 32.2. The molecule has 3 aromatic carbocycles. The molecule has 0 spiro atoms. The quantitative estimate of drug-likeness (QED) is 0.657. The second kappa shape index (κ2) is 8.36. The Morgan fingerprint density at radius 2 is 1.41 bits per heavy atom. The molecule has 5 nitrogen and oxygen atoms in total. The van der Waals surface area contributed by atoms with Crippen LogP contribution in [0, 0.1) is 17.5 Å². The van der Waals surface area contributed by atoms with Gasteiger partial charge in [0, 0.05) is 0 Å². The third-order valence-electron chi connectivity index (χ3n) is 3.96. The molecule has 0 unspecified atom stereocenters. The van der Waals surface area contributed by atoms with Crippen molar-refractivity contribution in [1.82, 2.24) is 0 Å². The smallest absolute Gasteiger partial charge is 0.264 e. The minimum absolute atomic E-state index is 0.154. The number of anilines is 2. The summed E-state index contributed by atoms with van der Waals surface area (Å²) in [5.41, 5.74) is -0.523. The van der Waals surface area contributed by atoms with Crippen LogP contribution in [-0.2, 0) is 14.8 Å². The van der Waals surface area contributed by atoms with Gasteiger partial charge in [0.2, 0.25) is 5.91 Å². The number of carbonyl (C=O) groups is 1. The lowest BCUT2D eigenvalue weighted by atomic mass is 10.3. The first-order valence-corrected chi connectivity index (χ1v) is 9.80. The normalized spacial score (nSPS) is 11.1. The van der Waals surface area contributed by atoms with Gasteiger partial charge in [0.05, 0.1) is 10.6 Å². The predicted octanol–water partition coefficient (Wildman–Crippen LogP) is 3.94. The number of hydrogen-bond acceptors (Lipinski definition) is 3. The number of carbonyl (C=O) groups excluding carboxylic acids is 1. The summed E-state index contributed by atoms with van der Waals surface area (Å²) >= 11 is 0. The average molecular weight is 420 g/mol. The van der Waals surface area contributed by atoms with E-state index in [1.165, 1.54) is 12.1 Å². The van der Waals surface area contributed by atoms with Crippen molar-refractivity contribution in [2.45, 2.75) is 4.90 Å². The van der Waals surface area contributed by atoms with Crippen molar-refractivity contribution < 1.29 is 26.4 Å². The first-order valence-electron chi connectivity index (χ1n) is 8.36. The second-order valence-corrected chi connectivity index (χ2v) is 7.81. The minimum Gasteiger partial charge on any atom is -0.320 e. The maximum atomic E-state index is 13.8. The zero-order valence-electron chi connectivity index (χ0n) is 14.8. The van der Waals surface area contributed by atoms with Gasteiger partial charge in [-0.3, -0.25) is 9.10 Å². The highest BCUT2D eigenvalue weighted by Gasteiger charge is 2.27.